The van der Waals surface area contributed by atoms with Crippen molar-refractivity contribution in [2.45, 2.75) is 46.8 Å². The van der Waals surface area contributed by atoms with Crippen LogP contribution in [0, 0.1) is 11.6 Å². The van der Waals surface area contributed by atoms with Crippen LogP contribution in [0.15, 0.2) is 60.7 Å². The summed E-state index contributed by atoms with van der Waals surface area (Å²) in [6.45, 7) is 7.84. The molecule has 1 aliphatic rings. The molecule has 4 rings (SSSR count). The fourth-order valence-electron chi connectivity index (χ4n) is 4.04. The summed E-state index contributed by atoms with van der Waals surface area (Å²) in [6, 6.07) is 3.32. The lowest BCUT2D eigenvalue weighted by molar-refractivity contribution is 0.506. The molecule has 0 fully saturated rings. The zero-order valence-corrected chi connectivity index (χ0v) is 20.2. The third-order valence-electron chi connectivity index (χ3n) is 5.70. The highest BCUT2D eigenvalue weighted by atomic mass is 19.1. The summed E-state index contributed by atoms with van der Waals surface area (Å²) in [5, 5.41) is 7.21. The van der Waals surface area contributed by atoms with Crippen molar-refractivity contribution in [2.24, 2.45) is 0 Å². The van der Waals surface area contributed by atoms with Gasteiger partial charge in [0.1, 0.15) is 17.8 Å². The number of fused-ring (bicyclic) bond motifs is 1. The summed E-state index contributed by atoms with van der Waals surface area (Å²) < 4.78 is 32.1. The lowest BCUT2D eigenvalue weighted by atomic mass is 10.1. The van der Waals surface area contributed by atoms with Gasteiger partial charge < -0.3 is 10.2 Å². The Balaban J connectivity index is 1.49. The Labute approximate surface area is 203 Å². The molecule has 35 heavy (non-hydrogen) atoms. The summed E-state index contributed by atoms with van der Waals surface area (Å²) in [6.07, 6.45) is 13.2. The van der Waals surface area contributed by atoms with Gasteiger partial charge in [0, 0.05) is 31.1 Å². The minimum absolute atomic E-state index is 0.0633. The number of hydrogen-bond donors (Lipinski definition) is 1. The van der Waals surface area contributed by atoms with Gasteiger partial charge in [-0.25, -0.2) is 14.4 Å². The number of nitrogens with one attached hydrogen (secondary N) is 1. The molecule has 1 N–H and O–H groups in total. The van der Waals surface area contributed by atoms with E-state index in [1.54, 1.807) is 12.4 Å². The van der Waals surface area contributed by atoms with Crippen LogP contribution in [0.25, 0.3) is 5.57 Å². The maximum atomic E-state index is 15.2. The first-order valence-corrected chi connectivity index (χ1v) is 11.7. The van der Waals surface area contributed by atoms with Crippen LogP contribution in [0.2, 0.25) is 0 Å². The van der Waals surface area contributed by atoms with E-state index < -0.39 is 11.6 Å². The first kappa shape index (κ1) is 24.3. The zero-order chi connectivity index (χ0) is 24.8. The van der Waals surface area contributed by atoms with Gasteiger partial charge in [-0.2, -0.15) is 9.49 Å². The maximum Gasteiger partial charge on any atom is 0.207 e. The molecule has 0 radical (unpaired) electrons. The molecule has 3 aromatic rings. The quantitative estimate of drug-likeness (QED) is 0.444. The molecule has 0 saturated carbocycles. The Morgan fingerprint density at radius 1 is 1.20 bits per heavy atom. The lowest BCUT2D eigenvalue weighted by Gasteiger charge is -2.29. The Morgan fingerprint density at radius 3 is 2.83 bits per heavy atom. The molecule has 0 spiro atoms. The minimum Gasteiger partial charge on any atom is -0.363 e. The van der Waals surface area contributed by atoms with Gasteiger partial charge in [0.15, 0.2) is 11.6 Å². The zero-order valence-electron chi connectivity index (χ0n) is 20.2. The van der Waals surface area contributed by atoms with E-state index in [1.807, 2.05) is 47.7 Å². The molecule has 9 heteroatoms. The molecule has 7 nitrogen and oxygen atoms in total. The van der Waals surface area contributed by atoms with Crippen LogP contribution in [-0.2, 0) is 19.6 Å². The van der Waals surface area contributed by atoms with Crippen molar-refractivity contribution in [3.05, 3.63) is 89.3 Å². The van der Waals surface area contributed by atoms with Crippen molar-refractivity contribution in [1.82, 2.24) is 24.7 Å². The van der Waals surface area contributed by atoms with E-state index in [0.29, 0.717) is 30.8 Å². The molecule has 0 aliphatic carbocycles. The van der Waals surface area contributed by atoms with Gasteiger partial charge in [-0.1, -0.05) is 36.8 Å². The van der Waals surface area contributed by atoms with Crippen LogP contribution in [0.1, 0.15) is 44.1 Å². The Kier molecular flexibility index (Phi) is 7.64. The average molecular weight is 478 g/mol. The number of anilines is 2. The molecule has 1 aliphatic heterocycles. The average Bonchev–Trinajstić information content (AvgIpc) is 3.31. The van der Waals surface area contributed by atoms with Crippen LogP contribution in [0.4, 0.5) is 20.4 Å². The monoisotopic (exact) mass is 477 g/mol. The SMILES string of the molecule is C\C=C/C(=C\C(C)=C\CC)c1ncc(CNc2ncnc(N3CCn4nccc4C3)c2F)cc1F. The number of hydrogen-bond acceptors (Lipinski definition) is 6. The second-order valence-corrected chi connectivity index (χ2v) is 8.31. The van der Waals surface area contributed by atoms with E-state index in [1.165, 1.54) is 12.4 Å². The minimum atomic E-state index is -0.540. The Morgan fingerprint density at radius 2 is 2.06 bits per heavy atom. The topological polar surface area (TPSA) is 71.8 Å². The van der Waals surface area contributed by atoms with Gasteiger partial charge in [0.25, 0.3) is 0 Å². The second kappa shape index (κ2) is 11.0. The van der Waals surface area contributed by atoms with E-state index in [4.69, 9.17) is 0 Å². The number of aromatic nitrogens is 5. The molecule has 182 valence electrons. The van der Waals surface area contributed by atoms with E-state index in [9.17, 15) is 4.39 Å². The molecule has 0 bridgehead atoms. The van der Waals surface area contributed by atoms with Crippen LogP contribution in [0.3, 0.4) is 0 Å². The number of allylic oxidation sites excluding steroid dienone is 6. The van der Waals surface area contributed by atoms with Crippen molar-refractivity contribution in [3.8, 4) is 0 Å². The van der Waals surface area contributed by atoms with Crippen LogP contribution in [-0.4, -0.2) is 31.3 Å². The van der Waals surface area contributed by atoms with Gasteiger partial charge in [-0.3, -0.25) is 9.67 Å². The fourth-order valence-corrected chi connectivity index (χ4v) is 4.04. The fraction of sp³-hybridized carbons (Fsp3) is 0.308. The van der Waals surface area contributed by atoms with E-state index in [-0.39, 0.29) is 23.9 Å². The van der Waals surface area contributed by atoms with Gasteiger partial charge >= 0.3 is 0 Å². The molecular weight excluding hydrogens is 448 g/mol. The standard InChI is InChI=1S/C26H29F2N7/c1-4-6-18(3)12-20(7-5-2)24-22(27)13-19(14-29-24)15-30-25-23(28)26(32-17-31-25)34-10-11-35-21(16-34)8-9-33-35/h5-9,12-14,17H,4,10-11,15-16H2,1-3H3,(H,30,31,32)/b7-5-,18-6+,20-12+. The number of halogens is 2. The molecule has 4 heterocycles. The molecular formula is C26H29F2N7. The smallest absolute Gasteiger partial charge is 0.207 e. The first-order valence-electron chi connectivity index (χ1n) is 11.7. The normalized spacial score (nSPS) is 14.5. The molecule has 0 saturated heterocycles. The number of nitrogens with zero attached hydrogens (tertiary/aromatic N) is 6. The van der Waals surface area contributed by atoms with Gasteiger partial charge in [0.2, 0.25) is 5.82 Å². The third kappa shape index (κ3) is 5.62. The molecule has 0 unspecified atom stereocenters. The van der Waals surface area contributed by atoms with Crippen molar-refractivity contribution >= 4 is 17.2 Å². The predicted octanol–water partition coefficient (Wildman–Crippen LogP) is 5.29. The van der Waals surface area contributed by atoms with E-state index in [2.05, 4.69) is 38.4 Å². The maximum absolute atomic E-state index is 15.2. The Bertz CT molecular complexity index is 1280. The molecule has 3 aromatic heterocycles. The van der Waals surface area contributed by atoms with E-state index in [0.717, 1.165) is 17.7 Å². The summed E-state index contributed by atoms with van der Waals surface area (Å²) in [5.41, 5.74) is 3.59. The highest BCUT2D eigenvalue weighted by Crippen LogP contribution is 2.26. The number of pyridine rings is 1. The molecule has 0 atom stereocenters. The van der Waals surface area contributed by atoms with Crippen molar-refractivity contribution in [2.75, 3.05) is 16.8 Å². The largest absolute Gasteiger partial charge is 0.363 e. The number of rotatable bonds is 8. The van der Waals surface area contributed by atoms with E-state index >= 15 is 4.39 Å². The second-order valence-electron chi connectivity index (χ2n) is 8.31. The Hall–Kier alpha value is -3.88. The summed E-state index contributed by atoms with van der Waals surface area (Å²) in [5.74, 6) is -0.687. The summed E-state index contributed by atoms with van der Waals surface area (Å²) >= 11 is 0. The van der Waals surface area contributed by atoms with Crippen molar-refractivity contribution in [3.63, 3.8) is 0 Å². The lowest BCUT2D eigenvalue weighted by Crippen LogP contribution is -2.35. The van der Waals surface area contributed by atoms with Gasteiger partial charge in [-0.15, -0.1) is 0 Å². The van der Waals surface area contributed by atoms with Crippen LogP contribution in [0.5, 0.6) is 0 Å². The van der Waals surface area contributed by atoms with Crippen LogP contribution < -0.4 is 10.2 Å². The molecule has 0 aromatic carbocycles. The third-order valence-corrected chi connectivity index (χ3v) is 5.70. The first-order chi connectivity index (χ1) is 17.0. The van der Waals surface area contributed by atoms with Crippen molar-refractivity contribution < 1.29 is 8.78 Å². The highest BCUT2D eigenvalue weighted by Gasteiger charge is 2.22. The predicted molar refractivity (Wildman–Crippen MR) is 134 cm³/mol. The highest BCUT2D eigenvalue weighted by molar-refractivity contribution is 5.74. The van der Waals surface area contributed by atoms with Gasteiger partial charge in [0.05, 0.1) is 18.8 Å². The van der Waals surface area contributed by atoms with Crippen LogP contribution >= 0.6 is 0 Å². The van der Waals surface area contributed by atoms with Gasteiger partial charge in [-0.05, 0) is 38.0 Å². The summed E-state index contributed by atoms with van der Waals surface area (Å²) in [7, 11) is 0. The summed E-state index contributed by atoms with van der Waals surface area (Å²) in [4.78, 5) is 14.4. The molecule has 0 amide bonds. The van der Waals surface area contributed by atoms with Crippen molar-refractivity contribution in [1.29, 1.82) is 0 Å².